The van der Waals surface area contributed by atoms with E-state index >= 15 is 0 Å². The summed E-state index contributed by atoms with van der Waals surface area (Å²) in [4.78, 5) is 19.1. The summed E-state index contributed by atoms with van der Waals surface area (Å²) in [5.41, 5.74) is 1.12. The molecule has 8 heteroatoms. The molecule has 28 heavy (non-hydrogen) atoms. The van der Waals surface area contributed by atoms with Crippen molar-refractivity contribution < 1.29 is 24.5 Å². The Morgan fingerprint density at radius 1 is 1.07 bits per heavy atom. The van der Waals surface area contributed by atoms with Crippen LogP contribution in [0.25, 0.3) is 0 Å². The molecule has 0 saturated heterocycles. The largest absolute Gasteiger partial charge is 0.484 e. The fourth-order valence-corrected chi connectivity index (χ4v) is 2.42. The summed E-state index contributed by atoms with van der Waals surface area (Å²) in [5, 5.41) is 19.9. The van der Waals surface area contributed by atoms with Crippen LogP contribution in [0.5, 0.6) is 5.75 Å². The van der Waals surface area contributed by atoms with E-state index in [2.05, 4.69) is 17.4 Å². The molecule has 1 atom stereocenters. The van der Waals surface area contributed by atoms with Crippen LogP contribution in [-0.4, -0.2) is 35.7 Å². The van der Waals surface area contributed by atoms with Crippen molar-refractivity contribution in [1.82, 2.24) is 5.32 Å². The van der Waals surface area contributed by atoms with Crippen LogP contribution in [0.2, 0.25) is 10.0 Å². The SMILES string of the molecule is CNCC[C@@H](Oc1cc(Cl)ccc1Cl)c1ccccc1.O=C(O)/C=C/C(=O)O. The van der Waals surface area contributed by atoms with Crippen molar-refractivity contribution in [2.24, 2.45) is 0 Å². The molecule has 3 N–H and O–H groups in total. The van der Waals surface area contributed by atoms with Gasteiger partial charge >= 0.3 is 11.9 Å². The number of rotatable bonds is 8. The second-order valence-corrected chi connectivity index (χ2v) is 6.34. The lowest BCUT2D eigenvalue weighted by Crippen LogP contribution is -2.16. The molecule has 0 fully saturated rings. The molecule has 2 aromatic rings. The number of nitrogens with one attached hydrogen (secondary N) is 1. The number of hydrogen-bond donors (Lipinski definition) is 3. The lowest BCUT2D eigenvalue weighted by Gasteiger charge is -2.20. The van der Waals surface area contributed by atoms with Gasteiger partial charge in [-0.25, -0.2) is 9.59 Å². The Morgan fingerprint density at radius 3 is 2.21 bits per heavy atom. The molecule has 0 unspecified atom stereocenters. The molecule has 6 nitrogen and oxygen atoms in total. The predicted molar refractivity (Wildman–Crippen MR) is 109 cm³/mol. The van der Waals surface area contributed by atoms with Crippen molar-refractivity contribution in [1.29, 1.82) is 0 Å². The third kappa shape index (κ3) is 9.41. The smallest absolute Gasteiger partial charge is 0.328 e. The minimum Gasteiger partial charge on any atom is -0.484 e. The number of carboxylic acid groups (broad SMARTS) is 2. The van der Waals surface area contributed by atoms with Crippen LogP contribution in [-0.2, 0) is 9.59 Å². The highest BCUT2D eigenvalue weighted by molar-refractivity contribution is 6.34. The quantitative estimate of drug-likeness (QED) is 0.541. The van der Waals surface area contributed by atoms with Crippen LogP contribution in [0.15, 0.2) is 60.7 Å². The van der Waals surface area contributed by atoms with Gasteiger partial charge < -0.3 is 20.3 Å². The van der Waals surface area contributed by atoms with Crippen molar-refractivity contribution in [2.75, 3.05) is 13.6 Å². The Balaban J connectivity index is 0.000000416. The summed E-state index contributed by atoms with van der Waals surface area (Å²) in [7, 11) is 1.93. The molecular formula is C20H21Cl2NO5. The van der Waals surface area contributed by atoms with Gasteiger partial charge in [0.05, 0.1) is 5.02 Å². The highest BCUT2D eigenvalue weighted by Crippen LogP contribution is 2.32. The molecule has 0 aromatic heterocycles. The Hall–Kier alpha value is -2.54. The van der Waals surface area contributed by atoms with E-state index in [-0.39, 0.29) is 6.10 Å². The normalized spacial score (nSPS) is 11.4. The summed E-state index contributed by atoms with van der Waals surface area (Å²) in [5.74, 6) is -1.90. The molecule has 2 rings (SSSR count). The lowest BCUT2D eigenvalue weighted by atomic mass is 10.1. The fraction of sp³-hybridized carbons (Fsp3) is 0.200. The van der Waals surface area contributed by atoms with Gasteiger partial charge in [-0.1, -0.05) is 53.5 Å². The first-order valence-electron chi connectivity index (χ1n) is 8.28. The molecule has 0 amide bonds. The van der Waals surface area contributed by atoms with Gasteiger partial charge in [-0.2, -0.15) is 0 Å². The van der Waals surface area contributed by atoms with Gasteiger partial charge in [0.1, 0.15) is 11.9 Å². The number of carboxylic acids is 2. The first-order chi connectivity index (χ1) is 13.3. The van der Waals surface area contributed by atoms with E-state index in [1.165, 1.54) is 0 Å². The van der Waals surface area contributed by atoms with Crippen LogP contribution in [0, 0.1) is 0 Å². The highest BCUT2D eigenvalue weighted by atomic mass is 35.5. The van der Waals surface area contributed by atoms with Crippen LogP contribution >= 0.6 is 23.2 Å². The first kappa shape index (κ1) is 23.5. The van der Waals surface area contributed by atoms with Gasteiger partial charge in [0.2, 0.25) is 0 Å². The first-order valence-corrected chi connectivity index (χ1v) is 9.04. The van der Waals surface area contributed by atoms with E-state index in [1.807, 2.05) is 25.2 Å². The number of aliphatic carboxylic acids is 2. The number of benzene rings is 2. The average molecular weight is 426 g/mol. The van der Waals surface area contributed by atoms with Gasteiger partial charge in [0.25, 0.3) is 0 Å². The van der Waals surface area contributed by atoms with Crippen molar-refractivity contribution in [3.8, 4) is 5.75 Å². The molecule has 0 radical (unpaired) electrons. The van der Waals surface area contributed by atoms with E-state index in [9.17, 15) is 9.59 Å². The molecule has 0 heterocycles. The zero-order valence-corrected chi connectivity index (χ0v) is 16.7. The number of carbonyl (C=O) groups is 2. The average Bonchev–Trinajstić information content (AvgIpc) is 2.67. The van der Waals surface area contributed by atoms with Crippen LogP contribution in [0.3, 0.4) is 0 Å². The van der Waals surface area contributed by atoms with Crippen LogP contribution < -0.4 is 10.1 Å². The van der Waals surface area contributed by atoms with Crippen LogP contribution in [0.1, 0.15) is 18.1 Å². The molecule has 0 aliphatic rings. The Morgan fingerprint density at radius 2 is 1.68 bits per heavy atom. The topological polar surface area (TPSA) is 95.9 Å². The molecular weight excluding hydrogens is 405 g/mol. The van der Waals surface area contributed by atoms with Gasteiger partial charge in [-0.15, -0.1) is 0 Å². The summed E-state index contributed by atoms with van der Waals surface area (Å²) < 4.78 is 6.06. The van der Waals surface area contributed by atoms with Crippen molar-refractivity contribution in [3.05, 3.63) is 76.3 Å². The highest BCUT2D eigenvalue weighted by Gasteiger charge is 2.14. The summed E-state index contributed by atoms with van der Waals surface area (Å²) in [6.45, 7) is 0.859. The third-order valence-corrected chi connectivity index (χ3v) is 3.91. The fourth-order valence-electron chi connectivity index (χ4n) is 2.10. The molecule has 2 aromatic carbocycles. The Kier molecular flexibility index (Phi) is 10.7. The lowest BCUT2D eigenvalue weighted by molar-refractivity contribution is -0.134. The standard InChI is InChI=1S/C16H17Cl2NO.C4H4O4/c1-19-10-9-15(12-5-3-2-4-6-12)20-16-11-13(17)7-8-14(16)18;5-3(6)1-2-4(7)8/h2-8,11,15,19H,9-10H2,1H3;1-2H,(H,5,6)(H,7,8)/b;2-1+/t15-;/m1./s1. The van der Waals surface area contributed by atoms with E-state index in [0.29, 0.717) is 27.9 Å². The van der Waals surface area contributed by atoms with E-state index < -0.39 is 11.9 Å². The summed E-state index contributed by atoms with van der Waals surface area (Å²) >= 11 is 12.2. The van der Waals surface area contributed by atoms with Gasteiger partial charge in [0, 0.05) is 29.7 Å². The molecule has 0 saturated carbocycles. The Labute approximate surface area is 173 Å². The molecule has 0 bridgehead atoms. The zero-order valence-electron chi connectivity index (χ0n) is 15.1. The summed E-state index contributed by atoms with van der Waals surface area (Å²) in [6, 6.07) is 15.4. The second kappa shape index (κ2) is 12.8. The van der Waals surface area contributed by atoms with Gasteiger partial charge in [-0.3, -0.25) is 0 Å². The molecule has 0 aliphatic heterocycles. The second-order valence-electron chi connectivity index (χ2n) is 5.49. The monoisotopic (exact) mass is 425 g/mol. The van der Waals surface area contributed by atoms with Crippen LogP contribution in [0.4, 0.5) is 0 Å². The van der Waals surface area contributed by atoms with Gasteiger partial charge in [0.15, 0.2) is 0 Å². The summed E-state index contributed by atoms with van der Waals surface area (Å²) in [6.07, 6.45) is 1.91. The zero-order chi connectivity index (χ0) is 20.9. The van der Waals surface area contributed by atoms with E-state index in [4.69, 9.17) is 38.2 Å². The maximum Gasteiger partial charge on any atom is 0.328 e. The van der Waals surface area contributed by atoms with Crippen molar-refractivity contribution >= 4 is 35.1 Å². The maximum atomic E-state index is 9.55. The number of hydrogen-bond acceptors (Lipinski definition) is 4. The van der Waals surface area contributed by atoms with E-state index in [1.54, 1.807) is 18.2 Å². The molecule has 0 spiro atoms. The van der Waals surface area contributed by atoms with E-state index in [0.717, 1.165) is 18.5 Å². The van der Waals surface area contributed by atoms with Gasteiger partial charge in [-0.05, 0) is 31.3 Å². The number of ether oxygens (including phenoxy) is 1. The predicted octanol–water partition coefficient (Wildman–Crippen LogP) is 4.43. The van der Waals surface area contributed by atoms with Crippen molar-refractivity contribution in [3.63, 3.8) is 0 Å². The molecule has 150 valence electrons. The molecule has 0 aliphatic carbocycles. The third-order valence-electron chi connectivity index (χ3n) is 3.36. The van der Waals surface area contributed by atoms with Crippen molar-refractivity contribution in [2.45, 2.75) is 12.5 Å². The Bertz CT molecular complexity index is 780. The maximum absolute atomic E-state index is 9.55. The number of halogens is 2. The minimum absolute atomic E-state index is 0.0559. The minimum atomic E-state index is -1.26.